The van der Waals surface area contributed by atoms with Crippen molar-refractivity contribution in [2.75, 3.05) is 7.11 Å². The molecule has 0 saturated heterocycles. The molecule has 2 atom stereocenters. The number of methoxy groups -OCH3 is 1. The molecule has 3 heterocycles. The van der Waals surface area contributed by atoms with Gasteiger partial charge < -0.3 is 9.72 Å². The van der Waals surface area contributed by atoms with Gasteiger partial charge in [0.05, 0.1) is 18.3 Å². The maximum Gasteiger partial charge on any atom is 0.262 e. The first-order chi connectivity index (χ1) is 12.3. The number of hydrogen-bond donors (Lipinski definition) is 1. The van der Waals surface area contributed by atoms with Crippen molar-refractivity contribution in [3.05, 3.63) is 52.5 Å². The lowest BCUT2D eigenvalue weighted by atomic mass is 9.92. The predicted octanol–water partition coefficient (Wildman–Crippen LogP) is 2.24. The van der Waals surface area contributed by atoms with E-state index in [0.29, 0.717) is 23.3 Å². The quantitative estimate of drug-likeness (QED) is 0.788. The minimum absolute atomic E-state index is 0.108. The number of ether oxygens (including phenoxy) is 1. The van der Waals surface area contributed by atoms with Crippen molar-refractivity contribution in [1.29, 1.82) is 0 Å². The molecule has 4 rings (SSSR count). The summed E-state index contributed by atoms with van der Waals surface area (Å²) in [5, 5.41) is 4.98. The fraction of sp³-hybridized carbons (Fsp3) is 0.444. The van der Waals surface area contributed by atoms with Gasteiger partial charge in [-0.05, 0) is 25.0 Å². The molecule has 7 heteroatoms. The Morgan fingerprint density at radius 1 is 1.32 bits per heavy atom. The molecule has 3 aromatic heterocycles. The van der Waals surface area contributed by atoms with Crippen molar-refractivity contribution >= 4 is 11.0 Å². The molecule has 1 saturated carbocycles. The first-order valence-corrected chi connectivity index (χ1v) is 8.65. The van der Waals surface area contributed by atoms with E-state index in [9.17, 15) is 4.79 Å². The van der Waals surface area contributed by atoms with E-state index in [1.54, 1.807) is 19.5 Å². The molecule has 1 aliphatic carbocycles. The molecule has 1 N–H and O–H groups in total. The molecule has 1 aliphatic rings. The van der Waals surface area contributed by atoms with Crippen LogP contribution in [-0.4, -0.2) is 37.9 Å². The van der Waals surface area contributed by atoms with Gasteiger partial charge in [-0.1, -0.05) is 18.9 Å². The molecule has 130 valence electrons. The van der Waals surface area contributed by atoms with E-state index in [4.69, 9.17) is 4.74 Å². The zero-order valence-corrected chi connectivity index (χ0v) is 14.2. The summed E-state index contributed by atoms with van der Waals surface area (Å²) in [5.74, 6) is 0.600. The zero-order valence-electron chi connectivity index (χ0n) is 14.2. The van der Waals surface area contributed by atoms with Crippen molar-refractivity contribution in [2.45, 2.75) is 44.2 Å². The molecule has 3 aromatic rings. The molecular weight excluding hydrogens is 318 g/mol. The first-order valence-electron chi connectivity index (χ1n) is 8.65. The number of aromatic nitrogens is 5. The molecule has 1 fully saturated rings. The van der Waals surface area contributed by atoms with Gasteiger partial charge in [-0.3, -0.25) is 9.78 Å². The van der Waals surface area contributed by atoms with Gasteiger partial charge in [-0.2, -0.15) is 5.10 Å². The fourth-order valence-electron chi connectivity index (χ4n) is 3.61. The Labute approximate surface area is 145 Å². The van der Waals surface area contributed by atoms with Crippen LogP contribution in [0.1, 0.15) is 43.2 Å². The van der Waals surface area contributed by atoms with Crippen LogP contribution in [0, 0.1) is 0 Å². The number of nitrogens with zero attached hydrogens (tertiary/aromatic N) is 4. The smallest absolute Gasteiger partial charge is 0.262 e. The van der Waals surface area contributed by atoms with E-state index in [1.165, 1.54) is 0 Å². The van der Waals surface area contributed by atoms with Crippen LogP contribution in [-0.2, 0) is 11.2 Å². The van der Waals surface area contributed by atoms with Gasteiger partial charge in [0.15, 0.2) is 5.65 Å². The Bertz CT molecular complexity index is 918. The monoisotopic (exact) mass is 339 g/mol. The summed E-state index contributed by atoms with van der Waals surface area (Å²) in [4.78, 5) is 24.3. The Hall–Kier alpha value is -2.54. The van der Waals surface area contributed by atoms with Crippen molar-refractivity contribution in [2.24, 2.45) is 0 Å². The first kappa shape index (κ1) is 16.0. The lowest BCUT2D eigenvalue weighted by molar-refractivity contribution is 0.0260. The molecule has 2 unspecified atom stereocenters. The van der Waals surface area contributed by atoms with E-state index in [0.717, 1.165) is 31.4 Å². The summed E-state index contributed by atoms with van der Waals surface area (Å²) in [6, 6.07) is 5.83. The van der Waals surface area contributed by atoms with Gasteiger partial charge in [0.1, 0.15) is 11.2 Å². The standard InChI is InChI=1S/C18H21N5O2/c1-25-15-8-3-2-7-14(15)23-17-13(11-20-23)18(24)22-16(21-17)10-12-6-4-5-9-19-12/h4-6,9,11,14-15H,2-3,7-8,10H2,1H3,(H,21,22,24). The van der Waals surface area contributed by atoms with Crippen molar-refractivity contribution in [1.82, 2.24) is 24.7 Å². The van der Waals surface area contributed by atoms with Gasteiger partial charge in [0.25, 0.3) is 5.56 Å². The topological polar surface area (TPSA) is 85.7 Å². The molecule has 0 radical (unpaired) electrons. The SMILES string of the molecule is COC1CCCCC1n1ncc2c(=O)[nH]c(Cc3ccccn3)nc21. The van der Waals surface area contributed by atoms with Gasteiger partial charge in [-0.25, -0.2) is 9.67 Å². The summed E-state index contributed by atoms with van der Waals surface area (Å²) in [6.45, 7) is 0. The van der Waals surface area contributed by atoms with Gasteiger partial charge in [0, 0.05) is 25.4 Å². The lowest BCUT2D eigenvalue weighted by Gasteiger charge is -2.30. The Balaban J connectivity index is 1.75. The van der Waals surface area contributed by atoms with Crippen LogP contribution in [0.15, 0.2) is 35.4 Å². The maximum absolute atomic E-state index is 12.4. The molecular formula is C18H21N5O2. The predicted molar refractivity (Wildman–Crippen MR) is 93.5 cm³/mol. The molecule has 0 amide bonds. The fourth-order valence-corrected chi connectivity index (χ4v) is 3.61. The van der Waals surface area contributed by atoms with Gasteiger partial charge in [0.2, 0.25) is 0 Å². The largest absolute Gasteiger partial charge is 0.379 e. The van der Waals surface area contributed by atoms with Crippen LogP contribution in [0.4, 0.5) is 0 Å². The van der Waals surface area contributed by atoms with Crippen LogP contribution in [0.3, 0.4) is 0 Å². The lowest BCUT2D eigenvalue weighted by Crippen LogP contribution is -2.30. The molecule has 7 nitrogen and oxygen atoms in total. The van der Waals surface area contributed by atoms with Crippen LogP contribution >= 0.6 is 0 Å². The van der Waals surface area contributed by atoms with Crippen molar-refractivity contribution in [3.63, 3.8) is 0 Å². The molecule has 0 bridgehead atoms. The molecule has 25 heavy (non-hydrogen) atoms. The molecule has 0 aromatic carbocycles. The van der Waals surface area contributed by atoms with E-state index in [-0.39, 0.29) is 17.7 Å². The second kappa shape index (κ2) is 6.76. The number of hydrogen-bond acceptors (Lipinski definition) is 5. The summed E-state index contributed by atoms with van der Waals surface area (Å²) in [6.07, 6.45) is 8.22. The average molecular weight is 339 g/mol. The molecule has 0 aliphatic heterocycles. The second-order valence-electron chi connectivity index (χ2n) is 6.46. The number of rotatable bonds is 4. The van der Waals surface area contributed by atoms with Gasteiger partial charge in [-0.15, -0.1) is 0 Å². The summed E-state index contributed by atoms with van der Waals surface area (Å²) in [7, 11) is 1.74. The minimum atomic E-state index is -0.160. The Kier molecular flexibility index (Phi) is 4.31. The number of H-pyrrole nitrogens is 1. The highest BCUT2D eigenvalue weighted by atomic mass is 16.5. The minimum Gasteiger partial charge on any atom is -0.379 e. The van der Waals surface area contributed by atoms with Gasteiger partial charge >= 0.3 is 0 Å². The number of pyridine rings is 1. The summed E-state index contributed by atoms with van der Waals surface area (Å²) in [5.41, 5.74) is 1.33. The third kappa shape index (κ3) is 3.07. The third-order valence-electron chi connectivity index (χ3n) is 4.87. The second-order valence-corrected chi connectivity index (χ2v) is 6.46. The maximum atomic E-state index is 12.4. The van der Waals surface area contributed by atoms with E-state index in [1.807, 2.05) is 22.9 Å². The number of aromatic amines is 1. The normalized spacial score (nSPS) is 20.8. The number of fused-ring (bicyclic) bond motifs is 1. The Morgan fingerprint density at radius 2 is 2.20 bits per heavy atom. The van der Waals surface area contributed by atoms with Crippen LogP contribution in [0.2, 0.25) is 0 Å². The van der Waals surface area contributed by atoms with Crippen LogP contribution < -0.4 is 5.56 Å². The van der Waals surface area contributed by atoms with E-state index in [2.05, 4.69) is 20.1 Å². The summed E-state index contributed by atoms with van der Waals surface area (Å²) < 4.78 is 7.52. The highest BCUT2D eigenvalue weighted by molar-refractivity contribution is 5.73. The number of nitrogens with one attached hydrogen (secondary N) is 1. The summed E-state index contributed by atoms with van der Waals surface area (Å²) >= 11 is 0. The van der Waals surface area contributed by atoms with Crippen molar-refractivity contribution in [3.8, 4) is 0 Å². The Morgan fingerprint density at radius 3 is 3.00 bits per heavy atom. The van der Waals surface area contributed by atoms with E-state index >= 15 is 0 Å². The van der Waals surface area contributed by atoms with Crippen molar-refractivity contribution < 1.29 is 4.74 Å². The zero-order chi connectivity index (χ0) is 17.2. The highest BCUT2D eigenvalue weighted by Crippen LogP contribution is 2.31. The third-order valence-corrected chi connectivity index (χ3v) is 4.87. The molecule has 0 spiro atoms. The average Bonchev–Trinajstić information content (AvgIpc) is 3.07. The van der Waals surface area contributed by atoms with E-state index < -0.39 is 0 Å². The van der Waals surface area contributed by atoms with Crippen LogP contribution in [0.25, 0.3) is 11.0 Å². The van der Waals surface area contributed by atoms with Crippen LogP contribution in [0.5, 0.6) is 0 Å². The highest BCUT2D eigenvalue weighted by Gasteiger charge is 2.29.